The van der Waals surface area contributed by atoms with E-state index in [-0.39, 0.29) is 6.04 Å². The molecule has 31 heavy (non-hydrogen) atoms. The van der Waals surface area contributed by atoms with Gasteiger partial charge in [0.1, 0.15) is 0 Å². The number of ether oxygens (including phenoxy) is 2. The molecule has 3 aliphatic heterocycles. The first kappa shape index (κ1) is 24.3. The van der Waals surface area contributed by atoms with Gasteiger partial charge in [-0.3, -0.25) is 14.7 Å². The standard InChI is InChI=1S/C23H43N5O3/c1-3-24-23(25-9-6-16-31-19-21-7-17-30-18-8-21)28-14-12-26(13-15-28)20(2)22(29)27-10-4-5-11-27/h20-21H,3-19H2,1-2H3,(H,24,25). The molecule has 0 bridgehead atoms. The van der Waals surface area contributed by atoms with Crippen LogP contribution >= 0.6 is 0 Å². The molecule has 0 spiro atoms. The lowest BCUT2D eigenvalue weighted by Gasteiger charge is -2.39. The third-order valence-electron chi connectivity index (χ3n) is 6.67. The zero-order chi connectivity index (χ0) is 21.9. The molecule has 3 rings (SSSR count). The maximum absolute atomic E-state index is 12.7. The van der Waals surface area contributed by atoms with Crippen LogP contribution in [0.15, 0.2) is 4.99 Å². The van der Waals surface area contributed by atoms with Gasteiger partial charge in [-0.25, -0.2) is 0 Å². The minimum absolute atomic E-state index is 0.0207. The number of nitrogens with zero attached hydrogens (tertiary/aromatic N) is 4. The summed E-state index contributed by atoms with van der Waals surface area (Å²) in [5, 5.41) is 3.43. The fourth-order valence-electron chi connectivity index (χ4n) is 4.62. The molecule has 8 nitrogen and oxygen atoms in total. The van der Waals surface area contributed by atoms with E-state index in [1.807, 2.05) is 4.90 Å². The van der Waals surface area contributed by atoms with Crippen molar-refractivity contribution >= 4 is 11.9 Å². The normalized spacial score (nSPS) is 22.7. The molecule has 1 N–H and O–H groups in total. The molecule has 1 amide bonds. The SMILES string of the molecule is CCNC(=NCCCOCC1CCOCC1)N1CCN(C(C)C(=O)N2CCCC2)CC1. The number of likely N-dealkylation sites (tertiary alicyclic amines) is 1. The molecule has 3 fully saturated rings. The summed E-state index contributed by atoms with van der Waals surface area (Å²) in [5.74, 6) is 1.95. The smallest absolute Gasteiger partial charge is 0.239 e. The third-order valence-corrected chi connectivity index (χ3v) is 6.67. The van der Waals surface area contributed by atoms with Crippen molar-refractivity contribution in [2.45, 2.75) is 52.0 Å². The first-order chi connectivity index (χ1) is 15.2. The molecule has 8 heteroatoms. The highest BCUT2D eigenvalue weighted by Gasteiger charge is 2.30. The summed E-state index contributed by atoms with van der Waals surface area (Å²) in [6.07, 6.45) is 5.48. The van der Waals surface area contributed by atoms with Crippen LogP contribution in [-0.2, 0) is 14.3 Å². The van der Waals surface area contributed by atoms with Crippen LogP contribution in [-0.4, -0.2) is 111 Å². The van der Waals surface area contributed by atoms with Crippen molar-refractivity contribution in [3.63, 3.8) is 0 Å². The van der Waals surface area contributed by atoms with E-state index in [0.29, 0.717) is 11.8 Å². The van der Waals surface area contributed by atoms with Gasteiger partial charge in [0.2, 0.25) is 5.91 Å². The van der Waals surface area contributed by atoms with Crippen LogP contribution in [0.3, 0.4) is 0 Å². The lowest BCUT2D eigenvalue weighted by Crippen LogP contribution is -2.57. The molecule has 178 valence electrons. The topological polar surface area (TPSA) is 69.6 Å². The van der Waals surface area contributed by atoms with E-state index >= 15 is 0 Å². The van der Waals surface area contributed by atoms with E-state index in [2.05, 4.69) is 29.0 Å². The highest BCUT2D eigenvalue weighted by molar-refractivity contribution is 5.82. The van der Waals surface area contributed by atoms with Crippen molar-refractivity contribution in [3.8, 4) is 0 Å². The summed E-state index contributed by atoms with van der Waals surface area (Å²) in [5.41, 5.74) is 0. The Labute approximate surface area is 188 Å². The van der Waals surface area contributed by atoms with Crippen LogP contribution in [0, 0.1) is 5.92 Å². The predicted octanol–water partition coefficient (Wildman–Crippen LogP) is 1.41. The first-order valence-corrected chi connectivity index (χ1v) is 12.4. The number of amides is 1. The molecule has 0 aromatic carbocycles. The summed E-state index contributed by atoms with van der Waals surface area (Å²) in [4.78, 5) is 24.2. The second-order valence-corrected chi connectivity index (χ2v) is 8.95. The molecule has 0 radical (unpaired) electrons. The number of guanidine groups is 1. The largest absolute Gasteiger partial charge is 0.381 e. The van der Waals surface area contributed by atoms with E-state index in [4.69, 9.17) is 14.5 Å². The Kier molecular flexibility index (Phi) is 10.4. The first-order valence-electron chi connectivity index (χ1n) is 12.4. The Hall–Kier alpha value is -1.38. The minimum Gasteiger partial charge on any atom is -0.381 e. The second kappa shape index (κ2) is 13.2. The predicted molar refractivity (Wildman–Crippen MR) is 123 cm³/mol. The summed E-state index contributed by atoms with van der Waals surface area (Å²) in [7, 11) is 0. The fraction of sp³-hybridized carbons (Fsp3) is 0.913. The Morgan fingerprint density at radius 3 is 2.48 bits per heavy atom. The molecule has 3 aliphatic rings. The molecular weight excluding hydrogens is 394 g/mol. The van der Waals surface area contributed by atoms with Gasteiger partial charge >= 0.3 is 0 Å². The van der Waals surface area contributed by atoms with E-state index < -0.39 is 0 Å². The lowest BCUT2D eigenvalue weighted by molar-refractivity contribution is -0.135. The number of rotatable bonds is 9. The van der Waals surface area contributed by atoms with Gasteiger partial charge in [-0.2, -0.15) is 0 Å². The van der Waals surface area contributed by atoms with E-state index in [1.54, 1.807) is 0 Å². The number of hydrogen-bond donors (Lipinski definition) is 1. The number of piperazine rings is 1. The van der Waals surface area contributed by atoms with Gasteiger partial charge in [0, 0.05) is 78.8 Å². The van der Waals surface area contributed by atoms with E-state index in [1.165, 1.54) is 0 Å². The monoisotopic (exact) mass is 437 g/mol. The number of hydrogen-bond acceptors (Lipinski definition) is 5. The van der Waals surface area contributed by atoms with E-state index in [9.17, 15) is 4.79 Å². The maximum Gasteiger partial charge on any atom is 0.239 e. The van der Waals surface area contributed by atoms with Gasteiger partial charge in [-0.15, -0.1) is 0 Å². The highest BCUT2D eigenvalue weighted by atomic mass is 16.5. The van der Waals surface area contributed by atoms with Gasteiger partial charge in [0.05, 0.1) is 6.04 Å². The maximum atomic E-state index is 12.7. The van der Waals surface area contributed by atoms with Crippen molar-refractivity contribution < 1.29 is 14.3 Å². The van der Waals surface area contributed by atoms with Crippen LogP contribution in [0.25, 0.3) is 0 Å². The third kappa shape index (κ3) is 7.61. The zero-order valence-corrected chi connectivity index (χ0v) is 19.7. The van der Waals surface area contributed by atoms with Crippen LogP contribution < -0.4 is 5.32 Å². The lowest BCUT2D eigenvalue weighted by atomic mass is 10.0. The van der Waals surface area contributed by atoms with Gasteiger partial charge in [-0.05, 0) is 51.9 Å². The quantitative estimate of drug-likeness (QED) is 0.334. The molecule has 1 atom stereocenters. The van der Waals surface area contributed by atoms with Crippen LogP contribution in [0.2, 0.25) is 0 Å². The average molecular weight is 438 g/mol. The van der Waals surface area contributed by atoms with Crippen LogP contribution in [0.5, 0.6) is 0 Å². The Bertz CT molecular complexity index is 553. The van der Waals surface area contributed by atoms with Crippen LogP contribution in [0.1, 0.15) is 46.0 Å². The average Bonchev–Trinajstić information content (AvgIpc) is 3.35. The van der Waals surface area contributed by atoms with Gasteiger partial charge in [-0.1, -0.05) is 0 Å². The molecule has 1 unspecified atom stereocenters. The molecule has 0 saturated carbocycles. The van der Waals surface area contributed by atoms with Crippen molar-refractivity contribution in [1.29, 1.82) is 0 Å². The molecule has 0 aromatic rings. The van der Waals surface area contributed by atoms with Crippen molar-refractivity contribution in [2.24, 2.45) is 10.9 Å². The summed E-state index contributed by atoms with van der Waals surface area (Å²) in [6.45, 7) is 14.7. The molecule has 3 heterocycles. The van der Waals surface area contributed by atoms with E-state index in [0.717, 1.165) is 117 Å². The molecule has 0 aromatic heterocycles. The second-order valence-electron chi connectivity index (χ2n) is 8.95. The summed E-state index contributed by atoms with van der Waals surface area (Å²) < 4.78 is 11.3. The number of carbonyl (C=O) groups is 1. The zero-order valence-electron chi connectivity index (χ0n) is 19.7. The van der Waals surface area contributed by atoms with Crippen LogP contribution in [0.4, 0.5) is 0 Å². The van der Waals surface area contributed by atoms with Crippen molar-refractivity contribution in [1.82, 2.24) is 20.0 Å². The van der Waals surface area contributed by atoms with Gasteiger partial charge in [0.25, 0.3) is 0 Å². The van der Waals surface area contributed by atoms with Crippen molar-refractivity contribution in [3.05, 3.63) is 0 Å². The Morgan fingerprint density at radius 2 is 1.81 bits per heavy atom. The number of carbonyl (C=O) groups excluding carboxylic acids is 1. The van der Waals surface area contributed by atoms with Crippen molar-refractivity contribution in [2.75, 3.05) is 78.8 Å². The fourth-order valence-corrected chi connectivity index (χ4v) is 4.62. The summed E-state index contributed by atoms with van der Waals surface area (Å²) >= 11 is 0. The summed E-state index contributed by atoms with van der Waals surface area (Å²) in [6, 6.07) is -0.0207. The number of aliphatic imine (C=N–C) groups is 1. The molecule has 3 saturated heterocycles. The molecular formula is C23H43N5O3. The Morgan fingerprint density at radius 1 is 1.10 bits per heavy atom. The number of nitrogens with one attached hydrogen (secondary N) is 1. The highest BCUT2D eigenvalue weighted by Crippen LogP contribution is 2.15. The minimum atomic E-state index is -0.0207. The van der Waals surface area contributed by atoms with Gasteiger partial charge in [0.15, 0.2) is 5.96 Å². The Balaban J connectivity index is 1.36. The molecule has 0 aliphatic carbocycles. The van der Waals surface area contributed by atoms with Gasteiger partial charge < -0.3 is 24.6 Å².